The monoisotopic (exact) mass is 519 g/mol. The van der Waals surface area contributed by atoms with Crippen molar-refractivity contribution in [3.8, 4) is 0 Å². The van der Waals surface area contributed by atoms with E-state index in [1.165, 1.54) is 29.8 Å². The number of nitrogens with two attached hydrogens (primary N) is 1. The van der Waals surface area contributed by atoms with Gasteiger partial charge in [0.1, 0.15) is 10.8 Å². The number of anilines is 1. The molecule has 36 heavy (non-hydrogen) atoms. The summed E-state index contributed by atoms with van der Waals surface area (Å²) >= 11 is 7.89. The molecule has 0 bridgehead atoms. The molecule has 3 aromatic heterocycles. The van der Waals surface area contributed by atoms with Crippen molar-refractivity contribution in [2.45, 2.75) is 48.6 Å². The molecule has 2 aliphatic rings. The number of carbonyl (C=O) groups excluding carboxylic acids is 1. The van der Waals surface area contributed by atoms with Crippen LogP contribution in [-0.4, -0.2) is 43.8 Å². The standard InChI is InChI=1S/C26H26ClN7OS/c1-15(35)12-18-21(27)19(6-9-29-18)36-20-14-30-23-24(31-20)33-25(32-23)34-10-7-26(8-11-34)13-16-4-2-3-5-17(16)22(26)28/h2-6,9,14,22H,7-8,10-13,28H2,1H3,(H,30,31,32,33)/t22-/m1/s1. The number of nitrogens with one attached hydrogen (secondary N) is 1. The Labute approximate surface area is 218 Å². The van der Waals surface area contributed by atoms with Gasteiger partial charge in [-0.2, -0.15) is 4.98 Å². The third-order valence-corrected chi connectivity index (χ3v) is 8.88. The molecule has 1 atom stereocenters. The molecule has 4 heterocycles. The van der Waals surface area contributed by atoms with Gasteiger partial charge in [0.15, 0.2) is 11.3 Å². The normalized spacial score (nSPS) is 18.6. The summed E-state index contributed by atoms with van der Waals surface area (Å²) in [6.07, 6.45) is 6.64. The highest BCUT2D eigenvalue weighted by Crippen LogP contribution is 2.50. The van der Waals surface area contributed by atoms with Crippen LogP contribution in [0.15, 0.2) is 52.6 Å². The van der Waals surface area contributed by atoms with Crippen LogP contribution in [-0.2, 0) is 17.6 Å². The fraction of sp³-hybridized carbons (Fsp3) is 0.346. The zero-order valence-electron chi connectivity index (χ0n) is 19.9. The molecule has 1 aromatic carbocycles. The van der Waals surface area contributed by atoms with Crippen molar-refractivity contribution < 1.29 is 4.79 Å². The predicted octanol–water partition coefficient (Wildman–Crippen LogP) is 4.53. The largest absolute Gasteiger partial charge is 0.342 e. The van der Waals surface area contributed by atoms with E-state index >= 15 is 0 Å². The van der Waals surface area contributed by atoms with Gasteiger partial charge in [-0.05, 0) is 48.8 Å². The Morgan fingerprint density at radius 3 is 2.81 bits per heavy atom. The van der Waals surface area contributed by atoms with Crippen LogP contribution >= 0.6 is 23.4 Å². The van der Waals surface area contributed by atoms with Gasteiger partial charge in [-0.15, -0.1) is 0 Å². The Bertz CT molecular complexity index is 1460. The number of aromatic nitrogens is 5. The quantitative estimate of drug-likeness (QED) is 0.395. The molecule has 184 valence electrons. The molecule has 0 radical (unpaired) electrons. The molecule has 6 rings (SSSR count). The van der Waals surface area contributed by atoms with Gasteiger partial charge in [-0.3, -0.25) is 9.78 Å². The van der Waals surface area contributed by atoms with Gasteiger partial charge in [-0.1, -0.05) is 47.6 Å². The number of hydrogen-bond donors (Lipinski definition) is 2. The summed E-state index contributed by atoms with van der Waals surface area (Å²) in [4.78, 5) is 36.1. The number of benzene rings is 1. The second kappa shape index (κ2) is 9.14. The molecule has 0 unspecified atom stereocenters. The van der Waals surface area contributed by atoms with Crippen LogP contribution in [0, 0.1) is 5.41 Å². The minimum Gasteiger partial charge on any atom is -0.342 e. The van der Waals surface area contributed by atoms with Crippen LogP contribution in [0.2, 0.25) is 5.02 Å². The summed E-state index contributed by atoms with van der Waals surface area (Å²) in [5.74, 6) is 0.803. The average molecular weight is 520 g/mol. The van der Waals surface area contributed by atoms with E-state index in [2.05, 4.69) is 44.1 Å². The lowest BCUT2D eigenvalue weighted by Crippen LogP contribution is -2.44. The number of hydrogen-bond acceptors (Lipinski definition) is 8. The van der Waals surface area contributed by atoms with Crippen LogP contribution in [0.1, 0.15) is 42.6 Å². The van der Waals surface area contributed by atoms with Gasteiger partial charge in [0, 0.05) is 36.6 Å². The lowest BCUT2D eigenvalue weighted by Gasteiger charge is -2.42. The first-order valence-corrected chi connectivity index (χ1v) is 13.2. The summed E-state index contributed by atoms with van der Waals surface area (Å²) in [5.41, 5.74) is 11.3. The maximum Gasteiger partial charge on any atom is 0.206 e. The Kier molecular flexibility index (Phi) is 5.94. The summed E-state index contributed by atoms with van der Waals surface area (Å²) < 4.78 is 0. The highest BCUT2D eigenvalue weighted by atomic mass is 35.5. The van der Waals surface area contributed by atoms with E-state index in [0.717, 1.165) is 43.2 Å². The van der Waals surface area contributed by atoms with Crippen molar-refractivity contribution in [2.75, 3.05) is 18.0 Å². The minimum atomic E-state index is 0.0147. The summed E-state index contributed by atoms with van der Waals surface area (Å²) in [5, 5.41) is 1.16. The van der Waals surface area contributed by atoms with Gasteiger partial charge >= 0.3 is 0 Å². The Morgan fingerprint density at radius 2 is 2.03 bits per heavy atom. The van der Waals surface area contributed by atoms with E-state index in [-0.39, 0.29) is 23.7 Å². The van der Waals surface area contributed by atoms with Crippen molar-refractivity contribution >= 4 is 46.4 Å². The van der Waals surface area contributed by atoms with Crippen LogP contribution in [0.3, 0.4) is 0 Å². The van der Waals surface area contributed by atoms with Crippen molar-refractivity contribution in [3.63, 3.8) is 0 Å². The number of Topliss-reactive ketones (excluding diaryl/α,β-unsaturated/α-hetero) is 1. The average Bonchev–Trinajstić information content (AvgIpc) is 3.41. The molecular formula is C26H26ClN7OS. The lowest BCUT2D eigenvalue weighted by atomic mass is 9.73. The van der Waals surface area contributed by atoms with Crippen molar-refractivity contribution in [1.82, 2.24) is 24.9 Å². The number of aromatic amines is 1. The summed E-state index contributed by atoms with van der Waals surface area (Å²) in [6.45, 7) is 3.29. The number of fused-ring (bicyclic) bond motifs is 2. The predicted molar refractivity (Wildman–Crippen MR) is 140 cm³/mol. The number of ketones is 1. The number of piperidine rings is 1. The van der Waals surface area contributed by atoms with E-state index < -0.39 is 0 Å². The van der Waals surface area contributed by atoms with Crippen molar-refractivity contribution in [2.24, 2.45) is 11.1 Å². The van der Waals surface area contributed by atoms with Gasteiger partial charge in [0.05, 0.1) is 16.9 Å². The molecule has 1 aliphatic heterocycles. The molecule has 0 amide bonds. The molecule has 1 fully saturated rings. The molecular weight excluding hydrogens is 494 g/mol. The zero-order valence-corrected chi connectivity index (χ0v) is 21.4. The molecule has 1 saturated heterocycles. The highest BCUT2D eigenvalue weighted by Gasteiger charge is 2.46. The maximum absolute atomic E-state index is 11.5. The van der Waals surface area contributed by atoms with Gasteiger partial charge in [0.2, 0.25) is 5.95 Å². The van der Waals surface area contributed by atoms with Gasteiger partial charge < -0.3 is 15.6 Å². The van der Waals surface area contributed by atoms with E-state index in [4.69, 9.17) is 27.3 Å². The Balaban J connectivity index is 1.18. The smallest absolute Gasteiger partial charge is 0.206 e. The van der Waals surface area contributed by atoms with Gasteiger partial charge in [0.25, 0.3) is 0 Å². The Hall–Kier alpha value is -3.01. The number of pyridine rings is 1. The first-order chi connectivity index (χ1) is 17.4. The highest BCUT2D eigenvalue weighted by molar-refractivity contribution is 7.99. The van der Waals surface area contributed by atoms with E-state index in [1.54, 1.807) is 12.4 Å². The van der Waals surface area contributed by atoms with Crippen LogP contribution in [0.5, 0.6) is 0 Å². The fourth-order valence-corrected chi connectivity index (χ4v) is 6.55. The molecule has 1 aliphatic carbocycles. The fourth-order valence-electron chi connectivity index (χ4n) is 5.45. The molecule has 1 spiro atoms. The van der Waals surface area contributed by atoms with Gasteiger partial charge in [-0.25, -0.2) is 9.97 Å². The third kappa shape index (κ3) is 4.15. The maximum atomic E-state index is 11.5. The van der Waals surface area contributed by atoms with E-state index in [0.29, 0.717) is 27.0 Å². The van der Waals surface area contributed by atoms with Crippen LogP contribution in [0.4, 0.5) is 5.95 Å². The van der Waals surface area contributed by atoms with E-state index in [9.17, 15) is 4.79 Å². The third-order valence-electron chi connectivity index (χ3n) is 7.38. The summed E-state index contributed by atoms with van der Waals surface area (Å²) in [6, 6.07) is 10.5. The van der Waals surface area contributed by atoms with Crippen LogP contribution in [0.25, 0.3) is 11.3 Å². The van der Waals surface area contributed by atoms with Crippen molar-refractivity contribution in [3.05, 3.63) is 64.6 Å². The second-order valence-corrected chi connectivity index (χ2v) is 11.1. The van der Waals surface area contributed by atoms with Crippen LogP contribution < -0.4 is 10.6 Å². The first-order valence-electron chi connectivity index (χ1n) is 12.0. The summed E-state index contributed by atoms with van der Waals surface area (Å²) in [7, 11) is 0. The minimum absolute atomic E-state index is 0.0147. The SMILES string of the molecule is CC(=O)Cc1nccc(Sc2cnc3nc(N4CCC5(CC4)Cc4ccccc4[C@H]5N)[nH]c3n2)c1Cl. The zero-order chi connectivity index (χ0) is 24.9. The molecule has 10 heteroatoms. The Morgan fingerprint density at radius 1 is 1.22 bits per heavy atom. The lowest BCUT2D eigenvalue weighted by molar-refractivity contribution is -0.116. The number of nitrogens with zero attached hydrogens (tertiary/aromatic N) is 5. The first kappa shape index (κ1) is 23.4. The molecule has 8 nitrogen and oxygen atoms in total. The number of rotatable bonds is 5. The molecule has 3 N–H and O–H groups in total. The number of halogens is 1. The molecule has 0 saturated carbocycles. The number of carbonyl (C=O) groups is 1. The second-order valence-electron chi connectivity index (χ2n) is 9.69. The van der Waals surface area contributed by atoms with Crippen molar-refractivity contribution in [1.29, 1.82) is 0 Å². The van der Waals surface area contributed by atoms with E-state index in [1.807, 2.05) is 6.07 Å². The number of imidazole rings is 1. The number of H-pyrrole nitrogens is 1. The topological polar surface area (TPSA) is 114 Å². The molecule has 4 aromatic rings.